The fraction of sp³-hybridized carbons (Fsp3) is 1.00. The van der Waals surface area contributed by atoms with Gasteiger partial charge in [-0.3, -0.25) is 0 Å². The molecule has 1 heterocycles. The molecule has 0 N–H and O–H groups in total. The summed E-state index contributed by atoms with van der Waals surface area (Å²) in [6.45, 7) is 7.63. The first kappa shape index (κ1) is 9.01. The summed E-state index contributed by atoms with van der Waals surface area (Å²) in [7, 11) is 2.17. The average Bonchev–Trinajstić information content (AvgIpc) is 1.93. The van der Waals surface area contributed by atoms with E-state index in [1.807, 2.05) is 0 Å². The molecule has 11 heavy (non-hydrogen) atoms. The highest BCUT2D eigenvalue weighted by Gasteiger charge is 2.21. The summed E-state index contributed by atoms with van der Waals surface area (Å²) in [5.74, 6) is 0. The fourth-order valence-electron chi connectivity index (χ4n) is 1.74. The zero-order valence-corrected chi connectivity index (χ0v) is 8.00. The van der Waals surface area contributed by atoms with Gasteiger partial charge in [0.15, 0.2) is 0 Å². The van der Waals surface area contributed by atoms with Gasteiger partial charge >= 0.3 is 0 Å². The lowest BCUT2D eigenvalue weighted by molar-refractivity contribution is 0.0154. The Hall–Kier alpha value is -0.0800. The molecule has 2 nitrogen and oxygen atoms in total. The topological polar surface area (TPSA) is 12.5 Å². The Labute approximate surface area is 69.5 Å². The van der Waals surface area contributed by atoms with Crippen molar-refractivity contribution in [2.45, 2.75) is 45.4 Å². The van der Waals surface area contributed by atoms with E-state index in [2.05, 4.69) is 32.7 Å². The molecule has 2 heteroatoms. The third kappa shape index (κ3) is 2.46. The van der Waals surface area contributed by atoms with Gasteiger partial charge in [0.25, 0.3) is 0 Å². The standard InChI is InChI=1S/C9H19NO/c1-7-5-8(2)11-9(3)6-10(7)4/h7-9H,5-6H2,1-4H3/t7?,8-,9-/m0/s1. The van der Waals surface area contributed by atoms with Gasteiger partial charge in [0.05, 0.1) is 12.2 Å². The van der Waals surface area contributed by atoms with Gasteiger partial charge in [-0.05, 0) is 34.2 Å². The molecule has 0 aromatic carbocycles. The molecule has 0 aromatic heterocycles. The predicted molar refractivity (Wildman–Crippen MR) is 46.7 cm³/mol. The van der Waals surface area contributed by atoms with Crippen molar-refractivity contribution in [3.8, 4) is 0 Å². The fourth-order valence-corrected chi connectivity index (χ4v) is 1.74. The maximum Gasteiger partial charge on any atom is 0.0677 e. The minimum atomic E-state index is 0.389. The van der Waals surface area contributed by atoms with Crippen LogP contribution in [0.3, 0.4) is 0 Å². The quantitative estimate of drug-likeness (QED) is 0.528. The molecule has 1 fully saturated rings. The Morgan fingerprint density at radius 1 is 1.18 bits per heavy atom. The molecule has 0 aliphatic carbocycles. The van der Waals surface area contributed by atoms with Crippen molar-refractivity contribution in [2.75, 3.05) is 13.6 Å². The van der Waals surface area contributed by atoms with Crippen molar-refractivity contribution in [1.82, 2.24) is 4.90 Å². The second kappa shape index (κ2) is 3.55. The SMILES string of the molecule is CC1C[C@H](C)O[C@@H](C)CN1C. The lowest BCUT2D eigenvalue weighted by atomic mass is 10.1. The van der Waals surface area contributed by atoms with Crippen LogP contribution in [0.4, 0.5) is 0 Å². The Morgan fingerprint density at radius 3 is 2.45 bits per heavy atom. The predicted octanol–water partition coefficient (Wildman–Crippen LogP) is 1.50. The molecule has 0 spiro atoms. The molecule has 3 atom stereocenters. The van der Waals surface area contributed by atoms with Gasteiger partial charge in [-0.15, -0.1) is 0 Å². The lowest BCUT2D eigenvalue weighted by Crippen LogP contribution is -2.32. The van der Waals surface area contributed by atoms with Crippen LogP contribution in [0.1, 0.15) is 27.2 Å². The second-order valence-electron chi connectivity index (χ2n) is 3.78. The molecule has 0 amide bonds. The normalized spacial score (nSPS) is 42.0. The van der Waals surface area contributed by atoms with Crippen LogP contribution in [0.15, 0.2) is 0 Å². The summed E-state index contributed by atoms with van der Waals surface area (Å²) in [6, 6.07) is 0.662. The molecule has 0 saturated carbocycles. The monoisotopic (exact) mass is 157 g/mol. The lowest BCUT2D eigenvalue weighted by Gasteiger charge is -2.21. The second-order valence-corrected chi connectivity index (χ2v) is 3.78. The maximum absolute atomic E-state index is 5.71. The maximum atomic E-state index is 5.71. The molecular formula is C9H19NO. The van der Waals surface area contributed by atoms with Crippen LogP contribution in [-0.4, -0.2) is 36.7 Å². The highest BCUT2D eigenvalue weighted by atomic mass is 16.5. The van der Waals surface area contributed by atoms with Crippen LogP contribution in [-0.2, 0) is 4.74 Å². The van der Waals surface area contributed by atoms with Crippen molar-refractivity contribution in [2.24, 2.45) is 0 Å². The number of ether oxygens (including phenoxy) is 1. The number of hydrogen-bond acceptors (Lipinski definition) is 2. The zero-order chi connectivity index (χ0) is 8.43. The molecule has 0 aromatic rings. The van der Waals surface area contributed by atoms with Gasteiger partial charge < -0.3 is 9.64 Å². The average molecular weight is 157 g/mol. The van der Waals surface area contributed by atoms with Gasteiger partial charge in [-0.1, -0.05) is 0 Å². The Balaban J connectivity index is 2.51. The van der Waals surface area contributed by atoms with Crippen LogP contribution in [0.5, 0.6) is 0 Å². The Morgan fingerprint density at radius 2 is 1.82 bits per heavy atom. The first-order valence-corrected chi connectivity index (χ1v) is 4.45. The molecule has 1 rings (SSSR count). The molecule has 0 bridgehead atoms. The highest BCUT2D eigenvalue weighted by molar-refractivity contribution is 4.74. The largest absolute Gasteiger partial charge is 0.374 e. The van der Waals surface area contributed by atoms with E-state index in [1.54, 1.807) is 0 Å². The summed E-state index contributed by atoms with van der Waals surface area (Å²) in [5.41, 5.74) is 0. The first-order chi connectivity index (χ1) is 5.09. The Bertz CT molecular complexity index is 113. The van der Waals surface area contributed by atoms with Crippen molar-refractivity contribution in [3.05, 3.63) is 0 Å². The minimum absolute atomic E-state index is 0.389. The van der Waals surface area contributed by atoms with Gasteiger partial charge in [0.1, 0.15) is 0 Å². The van der Waals surface area contributed by atoms with Crippen molar-refractivity contribution in [1.29, 1.82) is 0 Å². The summed E-state index contributed by atoms with van der Waals surface area (Å²) in [6.07, 6.45) is 1.96. The molecule has 1 saturated heterocycles. The molecular weight excluding hydrogens is 138 g/mol. The number of hydrogen-bond donors (Lipinski definition) is 0. The van der Waals surface area contributed by atoms with Gasteiger partial charge in [0, 0.05) is 12.6 Å². The van der Waals surface area contributed by atoms with Crippen LogP contribution < -0.4 is 0 Å². The zero-order valence-electron chi connectivity index (χ0n) is 8.00. The van der Waals surface area contributed by atoms with Crippen LogP contribution >= 0.6 is 0 Å². The van der Waals surface area contributed by atoms with E-state index in [9.17, 15) is 0 Å². The van der Waals surface area contributed by atoms with E-state index in [0.717, 1.165) is 13.0 Å². The van der Waals surface area contributed by atoms with Crippen LogP contribution in [0.2, 0.25) is 0 Å². The van der Waals surface area contributed by atoms with E-state index < -0.39 is 0 Å². The highest BCUT2D eigenvalue weighted by Crippen LogP contribution is 2.15. The van der Waals surface area contributed by atoms with E-state index in [-0.39, 0.29) is 0 Å². The Kier molecular flexibility index (Phi) is 2.90. The molecule has 1 unspecified atom stereocenters. The first-order valence-electron chi connectivity index (χ1n) is 4.45. The van der Waals surface area contributed by atoms with E-state index in [1.165, 1.54) is 0 Å². The van der Waals surface area contributed by atoms with Crippen molar-refractivity contribution in [3.63, 3.8) is 0 Å². The van der Waals surface area contributed by atoms with Gasteiger partial charge in [-0.2, -0.15) is 0 Å². The minimum Gasteiger partial charge on any atom is -0.374 e. The summed E-state index contributed by atoms with van der Waals surface area (Å²) < 4.78 is 5.71. The summed E-state index contributed by atoms with van der Waals surface area (Å²) in [5, 5.41) is 0. The molecule has 1 aliphatic heterocycles. The molecule has 0 radical (unpaired) electrons. The summed E-state index contributed by atoms with van der Waals surface area (Å²) in [4.78, 5) is 2.37. The van der Waals surface area contributed by atoms with Gasteiger partial charge in [-0.25, -0.2) is 0 Å². The van der Waals surface area contributed by atoms with E-state index >= 15 is 0 Å². The number of nitrogens with zero attached hydrogens (tertiary/aromatic N) is 1. The van der Waals surface area contributed by atoms with Crippen molar-refractivity contribution < 1.29 is 4.74 Å². The van der Waals surface area contributed by atoms with Crippen molar-refractivity contribution >= 4 is 0 Å². The third-order valence-corrected chi connectivity index (χ3v) is 2.44. The number of rotatable bonds is 0. The third-order valence-electron chi connectivity index (χ3n) is 2.44. The van der Waals surface area contributed by atoms with Crippen LogP contribution in [0.25, 0.3) is 0 Å². The summed E-state index contributed by atoms with van der Waals surface area (Å²) >= 11 is 0. The van der Waals surface area contributed by atoms with Crippen LogP contribution in [0, 0.1) is 0 Å². The van der Waals surface area contributed by atoms with E-state index in [0.29, 0.717) is 18.2 Å². The molecule has 66 valence electrons. The van der Waals surface area contributed by atoms with E-state index in [4.69, 9.17) is 4.74 Å². The van der Waals surface area contributed by atoms with Gasteiger partial charge in [0.2, 0.25) is 0 Å². The molecule has 1 aliphatic rings. The number of likely N-dealkylation sites (N-methyl/N-ethyl adjacent to an activating group) is 1. The smallest absolute Gasteiger partial charge is 0.0677 e.